The Kier molecular flexibility index (Phi) is 3.89. The summed E-state index contributed by atoms with van der Waals surface area (Å²) >= 11 is 0. The molecule has 3 nitrogen and oxygen atoms in total. The summed E-state index contributed by atoms with van der Waals surface area (Å²) in [4.78, 5) is 4.82. The summed E-state index contributed by atoms with van der Waals surface area (Å²) in [5.74, 6) is 2.31. The Morgan fingerprint density at radius 2 is 1.75 bits per heavy atom. The third kappa shape index (κ3) is 2.87. The van der Waals surface area contributed by atoms with E-state index in [1.54, 1.807) is 0 Å². The Bertz CT molecular complexity index is 574. The molecule has 0 spiro atoms. The van der Waals surface area contributed by atoms with Gasteiger partial charge in [0.25, 0.3) is 0 Å². The molecule has 1 aromatic carbocycles. The van der Waals surface area contributed by atoms with E-state index in [4.69, 9.17) is 10.7 Å². The molecule has 0 unspecified atom stereocenters. The largest absolute Gasteiger partial charge is 0.384 e. The minimum Gasteiger partial charge on any atom is -0.384 e. The molecule has 0 saturated heterocycles. The van der Waals surface area contributed by atoms with Crippen LogP contribution in [0.15, 0.2) is 30.3 Å². The Morgan fingerprint density at radius 1 is 1.15 bits per heavy atom. The first-order valence-electron chi connectivity index (χ1n) is 7.23. The summed E-state index contributed by atoms with van der Waals surface area (Å²) in [5.41, 5.74) is 8.41. The van der Waals surface area contributed by atoms with Gasteiger partial charge in [-0.3, -0.25) is 0 Å². The fraction of sp³-hybridized carbons (Fsp3) is 0.471. The number of hydrogen-bond acceptors (Lipinski definition) is 2. The molecule has 1 heterocycles. The van der Waals surface area contributed by atoms with E-state index in [0.29, 0.717) is 5.92 Å². The number of anilines is 1. The lowest BCUT2D eigenvalue weighted by atomic mass is 10.1. The summed E-state index contributed by atoms with van der Waals surface area (Å²) < 4.78 is 2.15. The lowest BCUT2D eigenvalue weighted by molar-refractivity contribution is 0.406. The van der Waals surface area contributed by atoms with Gasteiger partial charge in [-0.15, -0.1) is 0 Å². The standard InChI is InChI=1S/C17H25N3/c1-12(2)11-14-15(18)20(17(3,4)5)16(19-14)13-9-7-6-8-10-13/h6-10,12H,11,18H2,1-5H3. The molecule has 2 aromatic rings. The maximum absolute atomic E-state index is 6.38. The maximum Gasteiger partial charge on any atom is 0.142 e. The Hall–Kier alpha value is -1.77. The Morgan fingerprint density at radius 3 is 2.25 bits per heavy atom. The van der Waals surface area contributed by atoms with E-state index in [1.807, 2.05) is 18.2 Å². The van der Waals surface area contributed by atoms with E-state index >= 15 is 0 Å². The van der Waals surface area contributed by atoms with Gasteiger partial charge in [-0.25, -0.2) is 4.98 Å². The summed E-state index contributed by atoms with van der Waals surface area (Å²) in [5, 5.41) is 0. The van der Waals surface area contributed by atoms with Gasteiger partial charge in [0.05, 0.1) is 5.69 Å². The van der Waals surface area contributed by atoms with Gasteiger partial charge in [-0.05, 0) is 33.1 Å². The predicted octanol–water partition coefficient (Wildman–Crippen LogP) is 4.09. The van der Waals surface area contributed by atoms with E-state index in [-0.39, 0.29) is 5.54 Å². The minimum atomic E-state index is -0.0858. The highest BCUT2D eigenvalue weighted by Gasteiger charge is 2.24. The molecule has 0 saturated carbocycles. The molecule has 0 bridgehead atoms. The van der Waals surface area contributed by atoms with E-state index in [2.05, 4.69) is 51.3 Å². The molecule has 2 rings (SSSR count). The second kappa shape index (κ2) is 5.31. The van der Waals surface area contributed by atoms with Gasteiger partial charge in [0.15, 0.2) is 0 Å². The van der Waals surface area contributed by atoms with Crippen LogP contribution in [0.1, 0.15) is 40.3 Å². The van der Waals surface area contributed by atoms with Crippen LogP contribution < -0.4 is 5.73 Å². The van der Waals surface area contributed by atoms with Gasteiger partial charge in [0.2, 0.25) is 0 Å². The van der Waals surface area contributed by atoms with Crippen molar-refractivity contribution in [2.75, 3.05) is 5.73 Å². The van der Waals surface area contributed by atoms with Crippen LogP contribution in [-0.2, 0) is 12.0 Å². The predicted molar refractivity (Wildman–Crippen MR) is 85.6 cm³/mol. The number of hydrogen-bond donors (Lipinski definition) is 1. The number of nitrogens with zero attached hydrogens (tertiary/aromatic N) is 2. The third-order valence-corrected chi connectivity index (χ3v) is 3.29. The van der Waals surface area contributed by atoms with Crippen LogP contribution in [0.3, 0.4) is 0 Å². The fourth-order valence-corrected chi connectivity index (χ4v) is 2.48. The highest BCUT2D eigenvalue weighted by molar-refractivity contribution is 5.61. The number of benzene rings is 1. The monoisotopic (exact) mass is 271 g/mol. The second-order valence-electron chi connectivity index (χ2n) is 6.74. The van der Waals surface area contributed by atoms with E-state index in [9.17, 15) is 0 Å². The third-order valence-electron chi connectivity index (χ3n) is 3.29. The van der Waals surface area contributed by atoms with Crippen molar-refractivity contribution in [2.45, 2.75) is 46.6 Å². The van der Waals surface area contributed by atoms with Gasteiger partial charge in [0.1, 0.15) is 11.6 Å². The summed E-state index contributed by atoms with van der Waals surface area (Å²) in [6.07, 6.45) is 0.911. The fourth-order valence-electron chi connectivity index (χ4n) is 2.48. The number of nitrogen functional groups attached to an aromatic ring is 1. The van der Waals surface area contributed by atoms with Crippen LogP contribution in [0.5, 0.6) is 0 Å². The maximum atomic E-state index is 6.38. The zero-order chi connectivity index (χ0) is 14.9. The number of rotatable bonds is 3. The molecule has 2 N–H and O–H groups in total. The number of aromatic nitrogens is 2. The zero-order valence-corrected chi connectivity index (χ0v) is 13.1. The SMILES string of the molecule is CC(C)Cc1nc(-c2ccccc2)n(C(C)(C)C)c1N. The summed E-state index contributed by atoms with van der Waals surface area (Å²) in [6.45, 7) is 10.9. The molecule has 3 heteroatoms. The molecule has 20 heavy (non-hydrogen) atoms. The lowest BCUT2D eigenvalue weighted by Gasteiger charge is -2.25. The van der Waals surface area contributed by atoms with Crippen LogP contribution in [-0.4, -0.2) is 9.55 Å². The topological polar surface area (TPSA) is 43.8 Å². The molecule has 0 radical (unpaired) electrons. The number of imidazole rings is 1. The van der Waals surface area contributed by atoms with E-state index in [1.165, 1.54) is 0 Å². The molecule has 108 valence electrons. The normalized spacial score (nSPS) is 12.1. The van der Waals surface area contributed by atoms with E-state index in [0.717, 1.165) is 29.3 Å². The van der Waals surface area contributed by atoms with E-state index < -0.39 is 0 Å². The molecular formula is C17H25N3. The van der Waals surface area contributed by atoms with Crippen LogP contribution in [0.4, 0.5) is 5.82 Å². The highest BCUT2D eigenvalue weighted by atomic mass is 15.2. The van der Waals surface area contributed by atoms with Gasteiger partial charge < -0.3 is 10.3 Å². The summed E-state index contributed by atoms with van der Waals surface area (Å²) in [6, 6.07) is 10.3. The quantitative estimate of drug-likeness (QED) is 0.914. The van der Waals surface area contributed by atoms with Gasteiger partial charge in [0, 0.05) is 11.1 Å². The highest BCUT2D eigenvalue weighted by Crippen LogP contribution is 2.31. The van der Waals surface area contributed by atoms with Crippen LogP contribution in [0.25, 0.3) is 11.4 Å². The average Bonchev–Trinajstić information content (AvgIpc) is 2.67. The van der Waals surface area contributed by atoms with Crippen molar-refractivity contribution in [1.29, 1.82) is 0 Å². The van der Waals surface area contributed by atoms with Crippen LogP contribution in [0, 0.1) is 5.92 Å². The average molecular weight is 271 g/mol. The molecular weight excluding hydrogens is 246 g/mol. The van der Waals surface area contributed by atoms with Crippen molar-refractivity contribution in [3.8, 4) is 11.4 Å². The Balaban J connectivity index is 2.61. The minimum absolute atomic E-state index is 0.0858. The van der Waals surface area contributed by atoms with Crippen molar-refractivity contribution in [3.63, 3.8) is 0 Å². The zero-order valence-electron chi connectivity index (χ0n) is 13.1. The van der Waals surface area contributed by atoms with Gasteiger partial charge in [-0.2, -0.15) is 0 Å². The number of nitrogens with two attached hydrogens (primary N) is 1. The molecule has 0 aliphatic rings. The first-order chi connectivity index (χ1) is 9.30. The molecule has 0 aliphatic heterocycles. The molecule has 0 fully saturated rings. The van der Waals surface area contributed by atoms with Crippen molar-refractivity contribution in [1.82, 2.24) is 9.55 Å². The molecule has 0 atom stereocenters. The molecule has 1 aromatic heterocycles. The van der Waals surface area contributed by atoms with Crippen molar-refractivity contribution in [3.05, 3.63) is 36.0 Å². The van der Waals surface area contributed by atoms with Gasteiger partial charge >= 0.3 is 0 Å². The van der Waals surface area contributed by atoms with Crippen LogP contribution in [0.2, 0.25) is 0 Å². The molecule has 0 amide bonds. The van der Waals surface area contributed by atoms with Crippen molar-refractivity contribution < 1.29 is 0 Å². The Labute approximate surface area is 121 Å². The first-order valence-corrected chi connectivity index (χ1v) is 7.23. The first kappa shape index (κ1) is 14.6. The smallest absolute Gasteiger partial charge is 0.142 e. The summed E-state index contributed by atoms with van der Waals surface area (Å²) in [7, 11) is 0. The molecule has 0 aliphatic carbocycles. The van der Waals surface area contributed by atoms with Crippen LogP contribution >= 0.6 is 0 Å². The van der Waals surface area contributed by atoms with Crippen molar-refractivity contribution >= 4 is 5.82 Å². The van der Waals surface area contributed by atoms with Gasteiger partial charge in [-0.1, -0.05) is 44.2 Å². The lowest BCUT2D eigenvalue weighted by Crippen LogP contribution is -2.24. The van der Waals surface area contributed by atoms with Crippen molar-refractivity contribution in [2.24, 2.45) is 5.92 Å². The second-order valence-corrected chi connectivity index (χ2v) is 6.74.